The summed E-state index contributed by atoms with van der Waals surface area (Å²) in [6.45, 7) is 0. The van der Waals surface area contributed by atoms with Crippen LogP contribution >= 0.6 is 39.1 Å². The maximum absolute atomic E-state index is 10.4. The van der Waals surface area contributed by atoms with Crippen molar-refractivity contribution < 1.29 is 9.84 Å². The minimum Gasteiger partial charge on any atom is -0.496 e. The average Bonchev–Trinajstić information content (AvgIpc) is 2.41. The summed E-state index contributed by atoms with van der Waals surface area (Å²) in [6, 6.07) is 10.5. The Morgan fingerprint density at radius 3 is 2.58 bits per heavy atom. The number of benzene rings is 2. The van der Waals surface area contributed by atoms with E-state index in [9.17, 15) is 5.11 Å². The first-order valence-electron chi connectivity index (χ1n) is 5.50. The molecule has 0 heterocycles. The van der Waals surface area contributed by atoms with Crippen LogP contribution in [0.25, 0.3) is 0 Å². The summed E-state index contributed by atoms with van der Waals surface area (Å²) in [5, 5.41) is 11.2. The minimum absolute atomic E-state index is 0.364. The average molecular weight is 362 g/mol. The summed E-state index contributed by atoms with van der Waals surface area (Å²) >= 11 is 15.4. The van der Waals surface area contributed by atoms with E-state index < -0.39 is 6.10 Å². The van der Waals surface area contributed by atoms with Crippen molar-refractivity contribution in [2.75, 3.05) is 7.11 Å². The van der Waals surface area contributed by atoms with E-state index in [0.29, 0.717) is 26.9 Å². The van der Waals surface area contributed by atoms with E-state index in [1.165, 1.54) is 0 Å². The topological polar surface area (TPSA) is 29.5 Å². The quantitative estimate of drug-likeness (QED) is 0.846. The zero-order valence-electron chi connectivity index (χ0n) is 10.0. The Balaban J connectivity index is 2.41. The second kappa shape index (κ2) is 6.14. The first kappa shape index (κ1) is 14.7. The molecule has 0 aliphatic carbocycles. The van der Waals surface area contributed by atoms with Gasteiger partial charge in [-0.3, -0.25) is 0 Å². The monoisotopic (exact) mass is 360 g/mol. The molecule has 2 aromatic carbocycles. The molecule has 0 saturated carbocycles. The summed E-state index contributed by atoms with van der Waals surface area (Å²) in [5.74, 6) is 0.702. The van der Waals surface area contributed by atoms with Crippen LogP contribution in [0.2, 0.25) is 10.0 Å². The van der Waals surface area contributed by atoms with Gasteiger partial charge in [0.05, 0.1) is 21.6 Å². The highest BCUT2D eigenvalue weighted by Gasteiger charge is 2.16. The van der Waals surface area contributed by atoms with Crippen molar-refractivity contribution in [3.8, 4) is 5.75 Å². The molecule has 0 aliphatic rings. The maximum Gasteiger partial charge on any atom is 0.133 e. The molecule has 0 radical (unpaired) electrons. The smallest absolute Gasteiger partial charge is 0.133 e. The van der Waals surface area contributed by atoms with Crippen molar-refractivity contribution >= 4 is 39.1 Å². The van der Waals surface area contributed by atoms with Crippen LogP contribution in [0.1, 0.15) is 17.2 Å². The lowest BCUT2D eigenvalue weighted by atomic mass is 10.0. The van der Waals surface area contributed by atoms with Crippen molar-refractivity contribution in [1.29, 1.82) is 0 Å². The Morgan fingerprint density at radius 2 is 1.95 bits per heavy atom. The summed E-state index contributed by atoms with van der Waals surface area (Å²) in [4.78, 5) is 0. The molecular formula is C14H11BrCl2O2. The van der Waals surface area contributed by atoms with Gasteiger partial charge in [-0.1, -0.05) is 41.4 Å². The van der Waals surface area contributed by atoms with Gasteiger partial charge in [0, 0.05) is 5.56 Å². The van der Waals surface area contributed by atoms with Crippen LogP contribution in [-0.2, 0) is 0 Å². The molecule has 0 aliphatic heterocycles. The van der Waals surface area contributed by atoms with Gasteiger partial charge in [-0.25, -0.2) is 0 Å². The second-order valence-electron chi connectivity index (χ2n) is 3.94. The van der Waals surface area contributed by atoms with Crippen molar-refractivity contribution in [3.05, 3.63) is 62.0 Å². The Morgan fingerprint density at radius 1 is 1.21 bits per heavy atom. The van der Waals surface area contributed by atoms with E-state index in [1.807, 2.05) is 0 Å². The van der Waals surface area contributed by atoms with E-state index >= 15 is 0 Å². The van der Waals surface area contributed by atoms with E-state index in [2.05, 4.69) is 15.9 Å². The third-order valence-corrected chi connectivity index (χ3v) is 4.22. The minimum atomic E-state index is -0.839. The van der Waals surface area contributed by atoms with Gasteiger partial charge in [0.15, 0.2) is 0 Å². The number of halogens is 3. The number of methoxy groups -OCH3 is 1. The molecule has 0 aromatic heterocycles. The molecular weight excluding hydrogens is 351 g/mol. The molecule has 1 atom stereocenters. The fraction of sp³-hybridized carbons (Fsp3) is 0.143. The van der Waals surface area contributed by atoms with Crippen LogP contribution in [-0.4, -0.2) is 12.2 Å². The van der Waals surface area contributed by atoms with Gasteiger partial charge in [0.2, 0.25) is 0 Å². The Labute approximate surface area is 130 Å². The third kappa shape index (κ3) is 3.06. The zero-order chi connectivity index (χ0) is 14.0. The van der Waals surface area contributed by atoms with E-state index in [0.717, 1.165) is 4.47 Å². The lowest BCUT2D eigenvalue weighted by Gasteiger charge is -2.15. The van der Waals surface area contributed by atoms with Crippen LogP contribution in [0.4, 0.5) is 0 Å². The number of ether oxygens (including phenoxy) is 1. The lowest BCUT2D eigenvalue weighted by molar-refractivity contribution is 0.220. The normalized spacial score (nSPS) is 12.3. The predicted octanol–water partition coefficient (Wildman–Crippen LogP) is 4.85. The predicted molar refractivity (Wildman–Crippen MR) is 81.2 cm³/mol. The Bertz CT molecular complexity index is 602. The van der Waals surface area contributed by atoms with Gasteiger partial charge in [-0.15, -0.1) is 0 Å². The molecule has 0 fully saturated rings. The van der Waals surface area contributed by atoms with Gasteiger partial charge < -0.3 is 9.84 Å². The SMILES string of the molecule is COc1ccc(C(O)c2cccc(Cl)c2Cl)cc1Br. The highest BCUT2D eigenvalue weighted by molar-refractivity contribution is 9.10. The summed E-state index contributed by atoms with van der Waals surface area (Å²) in [6.07, 6.45) is -0.839. The number of aliphatic hydroxyl groups excluding tert-OH is 1. The molecule has 5 heteroatoms. The van der Waals surface area contributed by atoms with Crippen LogP contribution in [0, 0.1) is 0 Å². The van der Waals surface area contributed by atoms with Crippen molar-refractivity contribution in [2.45, 2.75) is 6.10 Å². The second-order valence-corrected chi connectivity index (χ2v) is 5.58. The number of hydrogen-bond acceptors (Lipinski definition) is 2. The van der Waals surface area contributed by atoms with Crippen LogP contribution in [0.15, 0.2) is 40.9 Å². The van der Waals surface area contributed by atoms with Gasteiger partial charge in [-0.05, 0) is 39.7 Å². The first-order chi connectivity index (χ1) is 9.04. The molecule has 2 nitrogen and oxygen atoms in total. The van der Waals surface area contributed by atoms with E-state index in [1.54, 1.807) is 43.5 Å². The molecule has 0 bridgehead atoms. The van der Waals surface area contributed by atoms with E-state index in [4.69, 9.17) is 27.9 Å². The van der Waals surface area contributed by atoms with E-state index in [-0.39, 0.29) is 0 Å². The molecule has 100 valence electrons. The number of rotatable bonds is 3. The van der Waals surface area contributed by atoms with Crippen LogP contribution in [0.3, 0.4) is 0 Å². The molecule has 0 saturated heterocycles. The first-order valence-corrected chi connectivity index (χ1v) is 7.05. The van der Waals surface area contributed by atoms with Gasteiger partial charge in [-0.2, -0.15) is 0 Å². The zero-order valence-corrected chi connectivity index (χ0v) is 13.1. The standard InChI is InChI=1S/C14H11BrCl2O2/c1-19-12-6-5-8(7-10(12)15)14(18)9-3-2-4-11(16)13(9)17/h2-7,14,18H,1H3. The largest absolute Gasteiger partial charge is 0.496 e. The third-order valence-electron chi connectivity index (χ3n) is 2.77. The van der Waals surface area contributed by atoms with Gasteiger partial charge in [0.1, 0.15) is 11.9 Å². The molecule has 19 heavy (non-hydrogen) atoms. The molecule has 0 amide bonds. The molecule has 2 aromatic rings. The maximum atomic E-state index is 10.4. The Hall–Kier alpha value is -0.740. The van der Waals surface area contributed by atoms with Crippen molar-refractivity contribution in [1.82, 2.24) is 0 Å². The highest BCUT2D eigenvalue weighted by Crippen LogP contribution is 2.35. The van der Waals surface area contributed by atoms with Crippen LogP contribution in [0.5, 0.6) is 5.75 Å². The van der Waals surface area contributed by atoms with Crippen molar-refractivity contribution in [2.24, 2.45) is 0 Å². The summed E-state index contributed by atoms with van der Waals surface area (Å²) < 4.78 is 5.92. The fourth-order valence-electron chi connectivity index (χ4n) is 1.76. The molecule has 0 spiro atoms. The summed E-state index contributed by atoms with van der Waals surface area (Å²) in [5.41, 5.74) is 1.28. The lowest BCUT2D eigenvalue weighted by Crippen LogP contribution is -2.01. The van der Waals surface area contributed by atoms with Crippen molar-refractivity contribution in [3.63, 3.8) is 0 Å². The number of hydrogen-bond donors (Lipinski definition) is 1. The fourth-order valence-corrected chi connectivity index (χ4v) is 2.73. The van der Waals surface area contributed by atoms with Crippen LogP contribution < -0.4 is 4.74 Å². The molecule has 2 rings (SSSR count). The molecule has 1 N–H and O–H groups in total. The Kier molecular flexibility index (Phi) is 4.74. The van der Waals surface area contributed by atoms with Gasteiger partial charge >= 0.3 is 0 Å². The van der Waals surface area contributed by atoms with Gasteiger partial charge in [0.25, 0.3) is 0 Å². The molecule has 1 unspecified atom stereocenters. The summed E-state index contributed by atoms with van der Waals surface area (Å²) in [7, 11) is 1.59. The highest BCUT2D eigenvalue weighted by atomic mass is 79.9. The number of aliphatic hydroxyl groups is 1.